The monoisotopic (exact) mass is 262 g/mol. The van der Waals surface area contributed by atoms with Crippen LogP contribution in [0.4, 0.5) is 0 Å². The maximum absolute atomic E-state index is 5.61. The van der Waals surface area contributed by atoms with Crippen LogP contribution in [0.2, 0.25) is 0 Å². The van der Waals surface area contributed by atoms with Crippen molar-refractivity contribution in [3.05, 3.63) is 23.8 Å². The molecule has 1 saturated heterocycles. The minimum Gasteiger partial charge on any atom is -0.486 e. The van der Waals surface area contributed by atoms with Gasteiger partial charge in [0.1, 0.15) is 13.2 Å². The highest BCUT2D eigenvalue weighted by molar-refractivity contribution is 5.43. The first-order valence-corrected chi connectivity index (χ1v) is 7.29. The van der Waals surface area contributed by atoms with Crippen LogP contribution in [-0.2, 0) is 6.54 Å². The molecule has 0 bridgehead atoms. The third-order valence-corrected chi connectivity index (χ3v) is 3.72. The molecule has 4 heteroatoms. The Morgan fingerprint density at radius 2 is 1.68 bits per heavy atom. The number of nitrogens with one attached hydrogen (secondary N) is 1. The average Bonchev–Trinajstić information content (AvgIpc) is 2.73. The van der Waals surface area contributed by atoms with Crippen LogP contribution < -0.4 is 14.9 Å². The van der Waals surface area contributed by atoms with Crippen molar-refractivity contribution in [1.82, 2.24) is 10.4 Å². The summed E-state index contributed by atoms with van der Waals surface area (Å²) in [6, 6.07) is 6.20. The van der Waals surface area contributed by atoms with E-state index in [1.165, 1.54) is 31.2 Å². The lowest BCUT2D eigenvalue weighted by molar-refractivity contribution is 0.170. The normalized spacial score (nSPS) is 20.0. The summed E-state index contributed by atoms with van der Waals surface area (Å²) in [7, 11) is 0. The van der Waals surface area contributed by atoms with Gasteiger partial charge in [-0.2, -0.15) is 0 Å². The zero-order valence-electron chi connectivity index (χ0n) is 11.4. The third kappa shape index (κ3) is 3.39. The van der Waals surface area contributed by atoms with Crippen molar-refractivity contribution in [2.45, 2.75) is 32.2 Å². The van der Waals surface area contributed by atoms with E-state index in [0.29, 0.717) is 13.2 Å². The largest absolute Gasteiger partial charge is 0.486 e. The van der Waals surface area contributed by atoms with Gasteiger partial charge in [-0.25, -0.2) is 5.01 Å². The molecule has 1 fully saturated rings. The van der Waals surface area contributed by atoms with Gasteiger partial charge in [0.15, 0.2) is 11.5 Å². The molecule has 1 N–H and O–H groups in total. The van der Waals surface area contributed by atoms with Crippen LogP contribution in [0.15, 0.2) is 18.2 Å². The fraction of sp³-hybridized carbons (Fsp3) is 0.600. The Hall–Kier alpha value is -1.26. The molecule has 0 unspecified atom stereocenters. The molecule has 2 heterocycles. The van der Waals surface area contributed by atoms with E-state index in [4.69, 9.17) is 9.47 Å². The summed E-state index contributed by atoms with van der Waals surface area (Å²) in [5.74, 6) is 1.74. The molecule has 4 nitrogen and oxygen atoms in total. The van der Waals surface area contributed by atoms with E-state index in [9.17, 15) is 0 Å². The van der Waals surface area contributed by atoms with Gasteiger partial charge >= 0.3 is 0 Å². The Labute approximate surface area is 114 Å². The summed E-state index contributed by atoms with van der Waals surface area (Å²) in [6.45, 7) is 4.47. The molecule has 104 valence electrons. The standard InChI is InChI=1S/C15H22N2O2/c1-2-4-8-17(7-3-1)16-12-13-5-6-14-15(11-13)19-10-9-18-14/h5-6,11,16H,1-4,7-10,12H2. The summed E-state index contributed by atoms with van der Waals surface area (Å²) >= 11 is 0. The Kier molecular flexibility index (Phi) is 4.20. The first-order valence-electron chi connectivity index (χ1n) is 7.29. The summed E-state index contributed by atoms with van der Waals surface area (Å²) in [4.78, 5) is 0. The van der Waals surface area contributed by atoms with E-state index >= 15 is 0 Å². The highest BCUT2D eigenvalue weighted by Crippen LogP contribution is 2.30. The quantitative estimate of drug-likeness (QED) is 0.906. The Balaban J connectivity index is 1.57. The highest BCUT2D eigenvalue weighted by atomic mass is 16.6. The summed E-state index contributed by atoms with van der Waals surface area (Å²) in [6.07, 6.45) is 5.33. The molecule has 0 aromatic heterocycles. The molecule has 19 heavy (non-hydrogen) atoms. The zero-order chi connectivity index (χ0) is 12.9. The first kappa shape index (κ1) is 12.8. The predicted molar refractivity (Wildman–Crippen MR) is 74.3 cm³/mol. The van der Waals surface area contributed by atoms with E-state index in [-0.39, 0.29) is 0 Å². The molecular formula is C15H22N2O2. The molecule has 0 saturated carbocycles. The van der Waals surface area contributed by atoms with Crippen LogP contribution in [0.1, 0.15) is 31.2 Å². The molecule has 2 aliphatic rings. The van der Waals surface area contributed by atoms with Crippen LogP contribution in [0.5, 0.6) is 11.5 Å². The number of hydrogen-bond donors (Lipinski definition) is 1. The van der Waals surface area contributed by atoms with E-state index in [2.05, 4.69) is 22.6 Å². The molecule has 1 aromatic carbocycles. The van der Waals surface area contributed by atoms with Crippen molar-refractivity contribution in [1.29, 1.82) is 0 Å². The van der Waals surface area contributed by atoms with Gasteiger partial charge in [-0.05, 0) is 30.5 Å². The van der Waals surface area contributed by atoms with Crippen molar-refractivity contribution >= 4 is 0 Å². The molecule has 0 aliphatic carbocycles. The van der Waals surface area contributed by atoms with E-state index < -0.39 is 0 Å². The van der Waals surface area contributed by atoms with Gasteiger partial charge in [-0.15, -0.1) is 0 Å². The Morgan fingerprint density at radius 3 is 2.47 bits per heavy atom. The predicted octanol–water partition coefficient (Wildman–Crippen LogP) is 2.34. The fourth-order valence-corrected chi connectivity index (χ4v) is 2.63. The van der Waals surface area contributed by atoms with Crippen molar-refractivity contribution in [2.75, 3.05) is 26.3 Å². The summed E-state index contributed by atoms with van der Waals surface area (Å²) in [5, 5.41) is 2.35. The van der Waals surface area contributed by atoms with Crippen LogP contribution in [0.3, 0.4) is 0 Å². The maximum Gasteiger partial charge on any atom is 0.161 e. The number of hydrogen-bond acceptors (Lipinski definition) is 4. The smallest absolute Gasteiger partial charge is 0.161 e. The maximum atomic E-state index is 5.61. The van der Waals surface area contributed by atoms with Gasteiger partial charge in [-0.3, -0.25) is 5.43 Å². The van der Waals surface area contributed by atoms with Crippen LogP contribution >= 0.6 is 0 Å². The minimum atomic E-state index is 0.649. The average molecular weight is 262 g/mol. The number of ether oxygens (including phenoxy) is 2. The number of rotatable bonds is 3. The van der Waals surface area contributed by atoms with Gasteiger partial charge < -0.3 is 9.47 Å². The minimum absolute atomic E-state index is 0.649. The Morgan fingerprint density at radius 1 is 0.947 bits per heavy atom. The molecule has 2 aliphatic heterocycles. The number of fused-ring (bicyclic) bond motifs is 1. The van der Waals surface area contributed by atoms with E-state index in [1.54, 1.807) is 0 Å². The van der Waals surface area contributed by atoms with Crippen molar-refractivity contribution in [3.8, 4) is 11.5 Å². The second-order valence-corrected chi connectivity index (χ2v) is 5.21. The lowest BCUT2D eigenvalue weighted by Crippen LogP contribution is -2.38. The molecule has 1 aromatic rings. The lowest BCUT2D eigenvalue weighted by atomic mass is 10.2. The number of hydrazine groups is 1. The highest BCUT2D eigenvalue weighted by Gasteiger charge is 2.12. The third-order valence-electron chi connectivity index (χ3n) is 3.72. The zero-order valence-corrected chi connectivity index (χ0v) is 11.4. The number of benzene rings is 1. The summed E-state index contributed by atoms with van der Waals surface area (Å²) < 4.78 is 11.1. The van der Waals surface area contributed by atoms with Crippen LogP contribution in [-0.4, -0.2) is 31.3 Å². The SMILES string of the molecule is c1cc2c(cc1CNN1CCCCCC1)OCCO2. The molecule has 0 amide bonds. The van der Waals surface area contributed by atoms with Gasteiger partial charge in [0, 0.05) is 19.6 Å². The molecule has 3 rings (SSSR count). The second kappa shape index (κ2) is 6.26. The molecular weight excluding hydrogens is 240 g/mol. The van der Waals surface area contributed by atoms with Crippen molar-refractivity contribution < 1.29 is 9.47 Å². The van der Waals surface area contributed by atoms with Crippen molar-refractivity contribution in [2.24, 2.45) is 0 Å². The lowest BCUT2D eigenvalue weighted by Gasteiger charge is -2.22. The van der Waals surface area contributed by atoms with Crippen LogP contribution in [0.25, 0.3) is 0 Å². The molecule has 0 spiro atoms. The number of nitrogens with zero attached hydrogens (tertiary/aromatic N) is 1. The fourth-order valence-electron chi connectivity index (χ4n) is 2.63. The van der Waals surface area contributed by atoms with Crippen molar-refractivity contribution in [3.63, 3.8) is 0 Å². The topological polar surface area (TPSA) is 33.7 Å². The van der Waals surface area contributed by atoms with Crippen LogP contribution in [0, 0.1) is 0 Å². The van der Waals surface area contributed by atoms with E-state index in [0.717, 1.165) is 31.1 Å². The molecule has 0 atom stereocenters. The van der Waals surface area contributed by atoms with Gasteiger partial charge in [0.25, 0.3) is 0 Å². The van der Waals surface area contributed by atoms with Gasteiger partial charge in [0.05, 0.1) is 0 Å². The van der Waals surface area contributed by atoms with Gasteiger partial charge in [-0.1, -0.05) is 18.9 Å². The summed E-state index contributed by atoms with van der Waals surface area (Å²) in [5.41, 5.74) is 4.77. The van der Waals surface area contributed by atoms with Gasteiger partial charge in [0.2, 0.25) is 0 Å². The first-order chi connectivity index (χ1) is 9.42. The molecule has 0 radical (unpaired) electrons. The van der Waals surface area contributed by atoms with E-state index in [1.807, 2.05) is 6.07 Å². The second-order valence-electron chi connectivity index (χ2n) is 5.21. The Bertz CT molecular complexity index is 415.